The summed E-state index contributed by atoms with van der Waals surface area (Å²) in [4.78, 5) is 23.7. The van der Waals surface area contributed by atoms with Gasteiger partial charge in [0.15, 0.2) is 6.61 Å². The Kier molecular flexibility index (Phi) is 4.98. The number of aromatic nitrogens is 2. The van der Waals surface area contributed by atoms with E-state index in [2.05, 4.69) is 15.3 Å². The Morgan fingerprint density at radius 1 is 1.07 bits per heavy atom. The fraction of sp³-hybridized carbons (Fsp3) is 0.136. The Morgan fingerprint density at radius 3 is 2.73 bits per heavy atom. The van der Waals surface area contributed by atoms with Gasteiger partial charge in [-0.15, -0.1) is 11.3 Å². The molecule has 5 rings (SSSR count). The number of thiazole rings is 1. The number of ether oxygens (including phenoxy) is 1. The second kappa shape index (κ2) is 7.93. The number of fused-ring (bicyclic) bond motifs is 2. The van der Waals surface area contributed by atoms with E-state index in [0.29, 0.717) is 35.4 Å². The lowest BCUT2D eigenvalue weighted by Crippen LogP contribution is -2.32. The molecule has 1 amide bonds. The predicted molar refractivity (Wildman–Crippen MR) is 118 cm³/mol. The monoisotopic (exact) mass is 436 g/mol. The third kappa shape index (κ3) is 3.94. The summed E-state index contributed by atoms with van der Waals surface area (Å²) < 4.78 is 6.80. The molecule has 0 saturated carbocycles. The molecular formula is C22H17ClN4O2S. The number of anilines is 2. The molecule has 1 N–H and O–H groups in total. The van der Waals surface area contributed by atoms with Crippen LogP contribution < -0.4 is 10.1 Å². The van der Waals surface area contributed by atoms with Crippen LogP contribution >= 0.6 is 22.9 Å². The number of halogens is 1. The fourth-order valence-electron chi connectivity index (χ4n) is 3.28. The van der Waals surface area contributed by atoms with E-state index in [4.69, 9.17) is 16.3 Å². The largest absolute Gasteiger partial charge is 0.482 e. The van der Waals surface area contributed by atoms with Crippen molar-refractivity contribution in [1.82, 2.24) is 14.9 Å². The highest BCUT2D eigenvalue weighted by Crippen LogP contribution is 2.28. The van der Waals surface area contributed by atoms with Gasteiger partial charge >= 0.3 is 0 Å². The minimum Gasteiger partial charge on any atom is -0.482 e. The molecule has 0 fully saturated rings. The van der Waals surface area contributed by atoms with Crippen LogP contribution in [-0.2, 0) is 17.9 Å². The van der Waals surface area contributed by atoms with Gasteiger partial charge in [0.1, 0.15) is 22.3 Å². The Labute approximate surface area is 182 Å². The van der Waals surface area contributed by atoms with E-state index in [0.717, 1.165) is 20.9 Å². The number of para-hydroxylation sites is 1. The van der Waals surface area contributed by atoms with Crippen LogP contribution in [0.3, 0.4) is 0 Å². The maximum atomic E-state index is 12.6. The van der Waals surface area contributed by atoms with Crippen LogP contribution in [0.1, 0.15) is 10.7 Å². The minimum atomic E-state index is -0.0838. The Balaban J connectivity index is 1.38. The molecule has 2 aromatic carbocycles. The summed E-state index contributed by atoms with van der Waals surface area (Å²) in [6.45, 7) is 0.779. The third-order valence-electron chi connectivity index (χ3n) is 4.76. The normalized spacial score (nSPS) is 13.6. The molecular weight excluding hydrogens is 420 g/mol. The zero-order valence-electron chi connectivity index (χ0n) is 15.8. The number of pyridine rings is 1. The molecule has 150 valence electrons. The highest BCUT2D eigenvalue weighted by atomic mass is 35.5. The van der Waals surface area contributed by atoms with E-state index in [1.807, 2.05) is 60.7 Å². The summed E-state index contributed by atoms with van der Waals surface area (Å²) in [5, 5.41) is 4.82. The van der Waals surface area contributed by atoms with Gasteiger partial charge < -0.3 is 15.0 Å². The molecule has 0 bridgehead atoms. The van der Waals surface area contributed by atoms with E-state index in [-0.39, 0.29) is 12.5 Å². The standard InChI is InChI=1S/C22H17ClN4O2S/c23-14-5-7-15(8-6-14)24-20-10-9-18-17(25-20)11-27(22(28)13-29-18)12-21-26-16-3-1-2-4-19(16)30-21/h1-10H,11-13H2,(H,24,25). The predicted octanol–water partition coefficient (Wildman–Crippen LogP) is 5.01. The quantitative estimate of drug-likeness (QED) is 0.487. The van der Waals surface area contributed by atoms with Crippen molar-refractivity contribution in [2.24, 2.45) is 0 Å². The lowest BCUT2D eigenvalue weighted by Gasteiger charge is -2.18. The summed E-state index contributed by atoms with van der Waals surface area (Å²) >= 11 is 7.55. The number of amides is 1. The summed E-state index contributed by atoms with van der Waals surface area (Å²) in [6.07, 6.45) is 0. The molecule has 0 atom stereocenters. The van der Waals surface area contributed by atoms with Gasteiger partial charge in [-0.25, -0.2) is 9.97 Å². The second-order valence-corrected chi connectivity index (χ2v) is 8.44. The number of nitrogens with zero attached hydrogens (tertiary/aromatic N) is 3. The van der Waals surface area contributed by atoms with Gasteiger partial charge in [-0.1, -0.05) is 23.7 Å². The molecule has 30 heavy (non-hydrogen) atoms. The zero-order chi connectivity index (χ0) is 20.5. The van der Waals surface area contributed by atoms with Gasteiger partial charge in [0.25, 0.3) is 5.91 Å². The molecule has 1 aliphatic rings. The lowest BCUT2D eigenvalue weighted by molar-refractivity contribution is -0.133. The maximum absolute atomic E-state index is 12.6. The van der Waals surface area contributed by atoms with E-state index in [1.54, 1.807) is 16.2 Å². The van der Waals surface area contributed by atoms with Gasteiger partial charge in [-0.05, 0) is 48.5 Å². The topological polar surface area (TPSA) is 67.3 Å². The van der Waals surface area contributed by atoms with Crippen molar-refractivity contribution in [2.75, 3.05) is 11.9 Å². The van der Waals surface area contributed by atoms with E-state index < -0.39 is 0 Å². The van der Waals surface area contributed by atoms with Crippen LogP contribution in [0, 0.1) is 0 Å². The van der Waals surface area contributed by atoms with Crippen molar-refractivity contribution in [2.45, 2.75) is 13.1 Å². The number of hydrogen-bond acceptors (Lipinski definition) is 6. The van der Waals surface area contributed by atoms with Crippen molar-refractivity contribution in [3.63, 3.8) is 0 Å². The first-order valence-electron chi connectivity index (χ1n) is 9.41. The smallest absolute Gasteiger partial charge is 0.261 e. The molecule has 0 unspecified atom stereocenters. The summed E-state index contributed by atoms with van der Waals surface area (Å²) in [7, 11) is 0. The van der Waals surface area contributed by atoms with Crippen molar-refractivity contribution in [3.8, 4) is 5.75 Å². The van der Waals surface area contributed by atoms with Gasteiger partial charge in [0, 0.05) is 10.7 Å². The number of rotatable bonds is 4. The van der Waals surface area contributed by atoms with Crippen LogP contribution in [-0.4, -0.2) is 27.4 Å². The van der Waals surface area contributed by atoms with Gasteiger partial charge in [0.05, 0.1) is 23.3 Å². The van der Waals surface area contributed by atoms with Crippen LogP contribution in [0.25, 0.3) is 10.2 Å². The SMILES string of the molecule is O=C1COc2ccc(Nc3ccc(Cl)cc3)nc2CN1Cc1nc2ccccc2s1. The number of hydrogen-bond donors (Lipinski definition) is 1. The molecule has 3 heterocycles. The average Bonchev–Trinajstić information content (AvgIpc) is 3.09. The summed E-state index contributed by atoms with van der Waals surface area (Å²) in [5.74, 6) is 1.21. The van der Waals surface area contributed by atoms with Gasteiger partial charge in [-0.2, -0.15) is 0 Å². The van der Waals surface area contributed by atoms with Crippen molar-refractivity contribution in [1.29, 1.82) is 0 Å². The van der Waals surface area contributed by atoms with Crippen molar-refractivity contribution in [3.05, 3.63) is 76.4 Å². The molecule has 0 radical (unpaired) electrons. The van der Waals surface area contributed by atoms with E-state index in [9.17, 15) is 4.79 Å². The highest BCUT2D eigenvalue weighted by Gasteiger charge is 2.24. The number of carbonyl (C=O) groups is 1. The Bertz CT molecular complexity index is 1190. The minimum absolute atomic E-state index is 0.0104. The summed E-state index contributed by atoms with van der Waals surface area (Å²) in [5.41, 5.74) is 2.54. The summed E-state index contributed by atoms with van der Waals surface area (Å²) in [6, 6.07) is 19.0. The molecule has 0 aliphatic carbocycles. The third-order valence-corrected chi connectivity index (χ3v) is 6.03. The maximum Gasteiger partial charge on any atom is 0.261 e. The molecule has 1 aliphatic heterocycles. The average molecular weight is 437 g/mol. The number of nitrogens with one attached hydrogen (secondary N) is 1. The Morgan fingerprint density at radius 2 is 1.90 bits per heavy atom. The van der Waals surface area contributed by atoms with Crippen molar-refractivity contribution < 1.29 is 9.53 Å². The van der Waals surface area contributed by atoms with E-state index in [1.165, 1.54) is 0 Å². The van der Waals surface area contributed by atoms with Crippen LogP contribution in [0.15, 0.2) is 60.7 Å². The fourth-order valence-corrected chi connectivity index (χ4v) is 4.39. The number of benzene rings is 2. The first kappa shape index (κ1) is 18.8. The van der Waals surface area contributed by atoms with Gasteiger partial charge in [0.2, 0.25) is 0 Å². The van der Waals surface area contributed by atoms with E-state index >= 15 is 0 Å². The molecule has 0 spiro atoms. The van der Waals surface area contributed by atoms with Crippen LogP contribution in [0.5, 0.6) is 5.75 Å². The molecule has 0 saturated heterocycles. The van der Waals surface area contributed by atoms with Crippen LogP contribution in [0.4, 0.5) is 11.5 Å². The zero-order valence-corrected chi connectivity index (χ0v) is 17.4. The Hall–Kier alpha value is -3.16. The number of carbonyl (C=O) groups excluding carboxylic acids is 1. The molecule has 6 nitrogen and oxygen atoms in total. The molecule has 4 aromatic rings. The molecule has 8 heteroatoms. The van der Waals surface area contributed by atoms with Crippen molar-refractivity contribution >= 4 is 50.6 Å². The second-order valence-electron chi connectivity index (χ2n) is 6.89. The van der Waals surface area contributed by atoms with Crippen LogP contribution in [0.2, 0.25) is 5.02 Å². The lowest BCUT2D eigenvalue weighted by atomic mass is 10.2. The van der Waals surface area contributed by atoms with Gasteiger partial charge in [-0.3, -0.25) is 4.79 Å². The molecule has 2 aromatic heterocycles. The first-order valence-corrected chi connectivity index (χ1v) is 10.6. The highest BCUT2D eigenvalue weighted by molar-refractivity contribution is 7.18. The first-order chi connectivity index (χ1) is 14.6.